The van der Waals surface area contributed by atoms with E-state index < -0.39 is 5.97 Å². The van der Waals surface area contributed by atoms with Crippen LogP contribution in [0.5, 0.6) is 0 Å². The fourth-order valence-corrected chi connectivity index (χ4v) is 2.98. The van der Waals surface area contributed by atoms with Gasteiger partial charge in [-0.25, -0.2) is 9.78 Å². The van der Waals surface area contributed by atoms with Crippen molar-refractivity contribution in [2.45, 2.75) is 33.2 Å². The Balaban J connectivity index is 2.40. The summed E-state index contributed by atoms with van der Waals surface area (Å²) in [6, 6.07) is 0.253. The summed E-state index contributed by atoms with van der Waals surface area (Å²) < 4.78 is 1.64. The maximum absolute atomic E-state index is 11.5. The van der Waals surface area contributed by atoms with E-state index in [1.165, 1.54) is 11.3 Å². The van der Waals surface area contributed by atoms with Gasteiger partial charge in [-0.3, -0.25) is 4.40 Å². The molecule has 2 aromatic heterocycles. The Morgan fingerprint density at radius 2 is 2.21 bits per heavy atom. The highest BCUT2D eigenvalue weighted by Gasteiger charge is 2.24. The average Bonchev–Trinajstić information content (AvgIpc) is 2.84. The van der Waals surface area contributed by atoms with Crippen LogP contribution < -0.4 is 4.90 Å². The monoisotopic (exact) mass is 281 g/mol. The fourth-order valence-electron chi connectivity index (χ4n) is 2.27. The molecule has 1 atom stereocenters. The molecule has 19 heavy (non-hydrogen) atoms. The van der Waals surface area contributed by atoms with Crippen molar-refractivity contribution in [2.75, 3.05) is 11.9 Å². The Morgan fingerprint density at radius 3 is 2.79 bits per heavy atom. The second kappa shape index (κ2) is 5.21. The lowest BCUT2D eigenvalue weighted by molar-refractivity contribution is 0.0690. The molecule has 0 aromatic carbocycles. The van der Waals surface area contributed by atoms with Crippen LogP contribution in [0.3, 0.4) is 0 Å². The molecular weight excluding hydrogens is 262 g/mol. The van der Waals surface area contributed by atoms with Crippen LogP contribution in [0, 0.1) is 5.92 Å². The number of imidazole rings is 1. The summed E-state index contributed by atoms with van der Waals surface area (Å²) in [4.78, 5) is 18.6. The molecule has 1 N–H and O–H groups in total. The Morgan fingerprint density at radius 1 is 1.53 bits per heavy atom. The van der Waals surface area contributed by atoms with Crippen molar-refractivity contribution in [3.05, 3.63) is 17.3 Å². The normalized spacial score (nSPS) is 13.1. The highest BCUT2D eigenvalue weighted by atomic mass is 32.1. The summed E-state index contributed by atoms with van der Waals surface area (Å²) in [5.41, 5.74) is 0.245. The molecule has 0 fully saturated rings. The van der Waals surface area contributed by atoms with E-state index in [2.05, 4.69) is 25.8 Å². The van der Waals surface area contributed by atoms with E-state index in [1.54, 1.807) is 10.6 Å². The Bertz CT molecular complexity index is 588. The van der Waals surface area contributed by atoms with E-state index in [0.29, 0.717) is 11.7 Å². The van der Waals surface area contributed by atoms with Crippen molar-refractivity contribution >= 4 is 28.1 Å². The van der Waals surface area contributed by atoms with Crippen molar-refractivity contribution in [2.24, 2.45) is 5.92 Å². The van der Waals surface area contributed by atoms with E-state index in [1.807, 2.05) is 17.3 Å². The van der Waals surface area contributed by atoms with Crippen LogP contribution in [0.2, 0.25) is 0 Å². The van der Waals surface area contributed by atoms with Crippen molar-refractivity contribution < 1.29 is 9.90 Å². The number of fused-ring (bicyclic) bond motifs is 1. The van der Waals surface area contributed by atoms with Gasteiger partial charge in [0.2, 0.25) is 0 Å². The fraction of sp³-hybridized carbons (Fsp3) is 0.538. The molecule has 0 spiro atoms. The molecule has 0 aliphatic rings. The van der Waals surface area contributed by atoms with Crippen LogP contribution in [-0.4, -0.2) is 33.6 Å². The average molecular weight is 281 g/mol. The topological polar surface area (TPSA) is 57.8 Å². The number of carboxylic acids is 1. The maximum Gasteiger partial charge on any atom is 0.356 e. The minimum Gasteiger partial charge on any atom is -0.476 e. The third-order valence-electron chi connectivity index (χ3n) is 3.25. The summed E-state index contributed by atoms with van der Waals surface area (Å²) in [5, 5.41) is 11.2. The molecule has 6 heteroatoms. The molecule has 2 rings (SSSR count). The highest BCUT2D eigenvalue weighted by Crippen LogP contribution is 2.26. The zero-order valence-corrected chi connectivity index (χ0v) is 12.4. The molecule has 2 heterocycles. The molecular formula is C13H19N3O2S. The number of aromatic carboxylic acids is 1. The molecule has 0 bridgehead atoms. The largest absolute Gasteiger partial charge is 0.476 e. The van der Waals surface area contributed by atoms with Crippen molar-refractivity contribution in [1.29, 1.82) is 0 Å². The molecule has 0 radical (unpaired) electrons. The van der Waals surface area contributed by atoms with Gasteiger partial charge in [-0.15, -0.1) is 11.3 Å². The standard InChI is InChI=1S/C13H19N3O2S/c1-8(2)7-9(3)15(4)11-10(12(17)18)16-5-6-19-13(16)14-11/h5-6,8-9H,7H2,1-4H3,(H,17,18). The Kier molecular flexibility index (Phi) is 3.80. The minimum atomic E-state index is -0.940. The third-order valence-corrected chi connectivity index (χ3v) is 4.01. The Labute approximate surface area is 116 Å². The van der Waals surface area contributed by atoms with Gasteiger partial charge < -0.3 is 10.0 Å². The van der Waals surface area contributed by atoms with Gasteiger partial charge in [0.1, 0.15) is 0 Å². The SMILES string of the molecule is CC(C)CC(C)N(C)c1nc2sccn2c1C(=O)O. The van der Waals surface area contributed by atoms with Gasteiger partial charge in [0.15, 0.2) is 16.5 Å². The number of anilines is 1. The number of carboxylic acid groups (broad SMARTS) is 1. The first-order chi connectivity index (χ1) is 8.91. The van der Waals surface area contributed by atoms with Gasteiger partial charge in [-0.05, 0) is 19.3 Å². The van der Waals surface area contributed by atoms with Gasteiger partial charge in [0, 0.05) is 24.7 Å². The number of carbonyl (C=O) groups is 1. The zero-order chi connectivity index (χ0) is 14.2. The predicted octanol–water partition coefficient (Wildman–Crippen LogP) is 2.96. The molecule has 0 saturated heterocycles. The minimum absolute atomic E-state index is 0.245. The summed E-state index contributed by atoms with van der Waals surface area (Å²) in [7, 11) is 1.91. The second-order valence-corrected chi connectivity index (χ2v) is 6.11. The quantitative estimate of drug-likeness (QED) is 0.915. The lowest BCUT2D eigenvalue weighted by Crippen LogP contribution is -2.31. The first-order valence-electron chi connectivity index (χ1n) is 6.33. The molecule has 0 aliphatic heterocycles. The van der Waals surface area contributed by atoms with E-state index in [-0.39, 0.29) is 11.7 Å². The second-order valence-electron chi connectivity index (χ2n) is 5.23. The predicted molar refractivity (Wildman–Crippen MR) is 77.3 cm³/mol. The van der Waals surface area contributed by atoms with E-state index in [9.17, 15) is 9.90 Å². The number of nitrogens with zero attached hydrogens (tertiary/aromatic N) is 3. The molecule has 0 amide bonds. The maximum atomic E-state index is 11.5. The van der Waals surface area contributed by atoms with E-state index in [0.717, 1.165) is 11.4 Å². The van der Waals surface area contributed by atoms with Crippen LogP contribution in [0.15, 0.2) is 11.6 Å². The molecule has 5 nitrogen and oxygen atoms in total. The first-order valence-corrected chi connectivity index (χ1v) is 7.21. The lowest BCUT2D eigenvalue weighted by Gasteiger charge is -2.26. The summed E-state index contributed by atoms with van der Waals surface area (Å²) in [5.74, 6) is 0.173. The number of hydrogen-bond donors (Lipinski definition) is 1. The molecule has 0 saturated carbocycles. The van der Waals surface area contributed by atoms with Gasteiger partial charge in [0.25, 0.3) is 0 Å². The molecule has 1 unspecified atom stereocenters. The summed E-state index contributed by atoms with van der Waals surface area (Å²) >= 11 is 1.44. The first kappa shape index (κ1) is 13.9. The number of rotatable bonds is 5. The molecule has 104 valence electrons. The number of thiazole rings is 1. The lowest BCUT2D eigenvalue weighted by atomic mass is 10.0. The molecule has 0 aliphatic carbocycles. The van der Waals surface area contributed by atoms with Crippen LogP contribution >= 0.6 is 11.3 Å². The number of hydrogen-bond acceptors (Lipinski definition) is 4. The van der Waals surface area contributed by atoms with Crippen molar-refractivity contribution in [3.8, 4) is 0 Å². The third kappa shape index (κ3) is 2.58. The highest BCUT2D eigenvalue weighted by molar-refractivity contribution is 7.15. The van der Waals surface area contributed by atoms with E-state index in [4.69, 9.17) is 0 Å². The van der Waals surface area contributed by atoms with Gasteiger partial charge >= 0.3 is 5.97 Å². The van der Waals surface area contributed by atoms with Gasteiger partial charge in [-0.2, -0.15) is 0 Å². The smallest absolute Gasteiger partial charge is 0.356 e. The summed E-state index contributed by atoms with van der Waals surface area (Å²) in [6.45, 7) is 6.42. The molecule has 2 aromatic rings. The van der Waals surface area contributed by atoms with Crippen LogP contribution in [0.25, 0.3) is 4.96 Å². The van der Waals surface area contributed by atoms with E-state index >= 15 is 0 Å². The summed E-state index contributed by atoms with van der Waals surface area (Å²) in [6.07, 6.45) is 2.75. The van der Waals surface area contributed by atoms with Gasteiger partial charge in [0.05, 0.1) is 0 Å². The van der Waals surface area contributed by atoms with Crippen LogP contribution in [0.1, 0.15) is 37.7 Å². The van der Waals surface area contributed by atoms with Crippen LogP contribution in [0.4, 0.5) is 5.82 Å². The van der Waals surface area contributed by atoms with Crippen LogP contribution in [-0.2, 0) is 0 Å². The number of aromatic nitrogens is 2. The van der Waals surface area contributed by atoms with Gasteiger partial charge in [-0.1, -0.05) is 13.8 Å². The van der Waals surface area contributed by atoms with Crippen molar-refractivity contribution in [1.82, 2.24) is 9.38 Å². The van der Waals surface area contributed by atoms with Crippen molar-refractivity contribution in [3.63, 3.8) is 0 Å². The zero-order valence-electron chi connectivity index (χ0n) is 11.6. The Hall–Kier alpha value is -1.56.